The van der Waals surface area contributed by atoms with Crippen molar-refractivity contribution in [3.63, 3.8) is 0 Å². The van der Waals surface area contributed by atoms with E-state index in [-0.39, 0.29) is 17.7 Å². The average molecular weight is 460 g/mol. The summed E-state index contributed by atoms with van der Waals surface area (Å²) in [5.74, 6) is -0.469. The highest BCUT2D eigenvalue weighted by Crippen LogP contribution is 2.20. The van der Waals surface area contributed by atoms with Crippen LogP contribution in [0.2, 0.25) is 5.02 Å². The topological polar surface area (TPSA) is 74.0 Å². The van der Waals surface area contributed by atoms with E-state index in [0.29, 0.717) is 23.6 Å². The highest BCUT2D eigenvalue weighted by molar-refractivity contribution is 6.33. The zero-order valence-electron chi connectivity index (χ0n) is 18.3. The molecule has 0 fully saturated rings. The maximum atomic E-state index is 13.2. The number of para-hydroxylation sites is 1. The van der Waals surface area contributed by atoms with Crippen LogP contribution in [-0.2, 0) is 11.2 Å². The third kappa shape index (κ3) is 5.44. The quantitative estimate of drug-likeness (QED) is 0.343. The summed E-state index contributed by atoms with van der Waals surface area (Å²) in [6.45, 7) is 2.53. The number of rotatable bonds is 8. The van der Waals surface area contributed by atoms with Gasteiger partial charge >= 0.3 is 0 Å². The zero-order chi connectivity index (χ0) is 23.2. The van der Waals surface area contributed by atoms with E-state index in [2.05, 4.69) is 22.5 Å². The van der Waals surface area contributed by atoms with Gasteiger partial charge in [-0.15, -0.1) is 0 Å². The molecule has 3 N–H and O–H groups in total. The van der Waals surface area contributed by atoms with Crippen LogP contribution < -0.4 is 10.6 Å². The molecule has 6 heteroatoms. The Labute approximate surface area is 198 Å². The second-order valence-corrected chi connectivity index (χ2v) is 8.53. The minimum Gasteiger partial charge on any atom is -0.361 e. The fourth-order valence-corrected chi connectivity index (χ4v) is 4.11. The van der Waals surface area contributed by atoms with E-state index < -0.39 is 6.04 Å². The van der Waals surface area contributed by atoms with Gasteiger partial charge in [-0.3, -0.25) is 9.59 Å². The van der Waals surface area contributed by atoms with Crippen LogP contribution in [0.15, 0.2) is 85.1 Å². The molecule has 168 valence electrons. The number of aromatic amines is 1. The molecule has 0 saturated carbocycles. The van der Waals surface area contributed by atoms with Crippen molar-refractivity contribution in [2.24, 2.45) is 0 Å². The molecule has 0 radical (unpaired) electrons. The number of nitrogens with one attached hydrogen (secondary N) is 3. The molecule has 0 bridgehead atoms. The van der Waals surface area contributed by atoms with E-state index in [0.717, 1.165) is 22.0 Å². The zero-order valence-corrected chi connectivity index (χ0v) is 19.1. The van der Waals surface area contributed by atoms with Crippen LogP contribution in [0.1, 0.15) is 34.3 Å². The molecule has 0 aliphatic carbocycles. The first-order valence-electron chi connectivity index (χ1n) is 11.0. The Morgan fingerprint density at radius 3 is 2.42 bits per heavy atom. The average Bonchev–Trinajstić information content (AvgIpc) is 3.25. The molecule has 5 nitrogen and oxygen atoms in total. The van der Waals surface area contributed by atoms with Gasteiger partial charge in [0, 0.05) is 30.1 Å². The predicted octanol–water partition coefficient (Wildman–Crippen LogP) is 5.08. The molecule has 0 spiro atoms. The van der Waals surface area contributed by atoms with Gasteiger partial charge in [-0.1, -0.05) is 79.2 Å². The fourth-order valence-electron chi connectivity index (χ4n) is 3.89. The highest BCUT2D eigenvalue weighted by atomic mass is 35.5. The van der Waals surface area contributed by atoms with Crippen LogP contribution in [-0.4, -0.2) is 29.4 Å². The number of carbonyl (C=O) groups excluding carboxylic acids is 2. The minimum absolute atomic E-state index is 0.142. The van der Waals surface area contributed by atoms with Crippen molar-refractivity contribution in [1.29, 1.82) is 0 Å². The third-order valence-corrected chi connectivity index (χ3v) is 6.12. The van der Waals surface area contributed by atoms with Crippen LogP contribution in [0.4, 0.5) is 0 Å². The van der Waals surface area contributed by atoms with E-state index in [1.54, 1.807) is 24.3 Å². The Balaban J connectivity index is 1.53. The van der Waals surface area contributed by atoms with Gasteiger partial charge in [0.2, 0.25) is 5.91 Å². The lowest BCUT2D eigenvalue weighted by Gasteiger charge is -2.20. The molecule has 0 aliphatic heterocycles. The smallest absolute Gasteiger partial charge is 0.253 e. The van der Waals surface area contributed by atoms with Crippen LogP contribution >= 0.6 is 11.6 Å². The van der Waals surface area contributed by atoms with E-state index in [1.807, 2.05) is 60.8 Å². The van der Waals surface area contributed by atoms with Crippen molar-refractivity contribution in [3.05, 3.63) is 107 Å². The lowest BCUT2D eigenvalue weighted by atomic mass is 10.0. The molecule has 2 atom stereocenters. The van der Waals surface area contributed by atoms with E-state index in [4.69, 9.17) is 11.6 Å². The van der Waals surface area contributed by atoms with Crippen molar-refractivity contribution in [2.45, 2.75) is 25.3 Å². The van der Waals surface area contributed by atoms with E-state index in [9.17, 15) is 9.59 Å². The number of hydrogen-bond donors (Lipinski definition) is 3. The summed E-state index contributed by atoms with van der Waals surface area (Å²) >= 11 is 6.21. The monoisotopic (exact) mass is 459 g/mol. The van der Waals surface area contributed by atoms with Gasteiger partial charge in [0.25, 0.3) is 5.91 Å². The SMILES string of the molecule is CC(CNC(=O)C(Cc1c[nH]c2ccccc12)NC(=O)c1ccccc1Cl)c1ccccc1. The molecule has 3 aromatic carbocycles. The van der Waals surface area contributed by atoms with Gasteiger partial charge in [-0.05, 0) is 35.2 Å². The first kappa shape index (κ1) is 22.6. The van der Waals surface area contributed by atoms with Gasteiger partial charge in [0.05, 0.1) is 10.6 Å². The van der Waals surface area contributed by atoms with Crippen molar-refractivity contribution in [3.8, 4) is 0 Å². The first-order valence-corrected chi connectivity index (χ1v) is 11.3. The number of H-pyrrole nitrogens is 1. The Morgan fingerprint density at radius 1 is 0.939 bits per heavy atom. The highest BCUT2D eigenvalue weighted by Gasteiger charge is 2.24. The largest absolute Gasteiger partial charge is 0.361 e. The normalized spacial score (nSPS) is 12.8. The summed E-state index contributed by atoms with van der Waals surface area (Å²) in [4.78, 5) is 29.4. The van der Waals surface area contributed by atoms with Gasteiger partial charge in [0.1, 0.15) is 6.04 Å². The second-order valence-electron chi connectivity index (χ2n) is 8.13. The molecule has 0 saturated heterocycles. The molecular weight excluding hydrogens is 434 g/mol. The maximum absolute atomic E-state index is 13.2. The summed E-state index contributed by atoms with van der Waals surface area (Å²) in [5, 5.41) is 7.28. The Morgan fingerprint density at radius 2 is 1.64 bits per heavy atom. The first-order chi connectivity index (χ1) is 16.0. The molecule has 4 rings (SSSR count). The molecule has 0 aliphatic rings. The Kier molecular flexibility index (Phi) is 7.10. The van der Waals surface area contributed by atoms with Gasteiger partial charge in [-0.25, -0.2) is 0 Å². The molecule has 1 heterocycles. The summed E-state index contributed by atoms with van der Waals surface area (Å²) in [5.41, 5.74) is 3.43. The molecular formula is C27H26ClN3O2. The van der Waals surface area contributed by atoms with Crippen molar-refractivity contribution >= 4 is 34.3 Å². The molecule has 4 aromatic rings. The lowest BCUT2D eigenvalue weighted by Crippen LogP contribution is -2.48. The van der Waals surface area contributed by atoms with Gasteiger partial charge in [-0.2, -0.15) is 0 Å². The number of amides is 2. The van der Waals surface area contributed by atoms with Crippen molar-refractivity contribution in [1.82, 2.24) is 15.6 Å². The minimum atomic E-state index is -0.754. The van der Waals surface area contributed by atoms with E-state index in [1.165, 1.54) is 0 Å². The number of fused-ring (bicyclic) bond motifs is 1. The van der Waals surface area contributed by atoms with Crippen molar-refractivity contribution in [2.75, 3.05) is 6.54 Å². The van der Waals surface area contributed by atoms with Crippen LogP contribution in [0.5, 0.6) is 0 Å². The summed E-state index contributed by atoms with van der Waals surface area (Å²) in [6, 6.07) is 24.0. The molecule has 2 amide bonds. The van der Waals surface area contributed by atoms with Crippen LogP contribution in [0.25, 0.3) is 10.9 Å². The predicted molar refractivity (Wildman–Crippen MR) is 133 cm³/mol. The number of carbonyl (C=O) groups is 2. The van der Waals surface area contributed by atoms with E-state index >= 15 is 0 Å². The number of aromatic nitrogens is 1. The molecule has 1 aromatic heterocycles. The fraction of sp³-hybridized carbons (Fsp3) is 0.185. The molecule has 33 heavy (non-hydrogen) atoms. The maximum Gasteiger partial charge on any atom is 0.253 e. The third-order valence-electron chi connectivity index (χ3n) is 5.79. The Bertz CT molecular complexity index is 1250. The summed E-state index contributed by atoms with van der Waals surface area (Å²) < 4.78 is 0. The second kappa shape index (κ2) is 10.4. The van der Waals surface area contributed by atoms with Crippen LogP contribution in [0, 0.1) is 0 Å². The van der Waals surface area contributed by atoms with Gasteiger partial charge < -0.3 is 15.6 Å². The molecule has 2 unspecified atom stereocenters. The lowest BCUT2D eigenvalue weighted by molar-refractivity contribution is -0.123. The summed E-state index contributed by atoms with van der Waals surface area (Å²) in [7, 11) is 0. The van der Waals surface area contributed by atoms with Crippen LogP contribution in [0.3, 0.4) is 0 Å². The van der Waals surface area contributed by atoms with Gasteiger partial charge in [0.15, 0.2) is 0 Å². The number of hydrogen-bond acceptors (Lipinski definition) is 2. The number of benzene rings is 3. The Hall–Kier alpha value is -3.57. The standard InChI is InChI=1S/C27H26ClN3O2/c1-18(19-9-3-2-4-10-19)16-30-27(33)25(31-26(32)22-12-5-7-13-23(22)28)15-20-17-29-24-14-8-6-11-21(20)24/h2-14,17-18,25,29H,15-16H2,1H3,(H,30,33)(H,31,32). The summed E-state index contributed by atoms with van der Waals surface area (Å²) in [6.07, 6.45) is 2.24. The van der Waals surface area contributed by atoms with Crippen molar-refractivity contribution < 1.29 is 9.59 Å². The number of halogens is 1.